The summed E-state index contributed by atoms with van der Waals surface area (Å²) in [6.07, 6.45) is 2.66. The molecule has 2 rings (SSSR count). The van der Waals surface area contributed by atoms with Crippen LogP contribution in [0.1, 0.15) is 37.0 Å². The van der Waals surface area contributed by atoms with Gasteiger partial charge in [-0.3, -0.25) is 4.79 Å². The van der Waals surface area contributed by atoms with Gasteiger partial charge < -0.3 is 15.3 Å². The van der Waals surface area contributed by atoms with Crippen LogP contribution in [0.15, 0.2) is 12.3 Å². The smallest absolute Gasteiger partial charge is 0.255 e. The summed E-state index contributed by atoms with van der Waals surface area (Å²) in [7, 11) is 0. The van der Waals surface area contributed by atoms with Crippen LogP contribution in [0.4, 0.5) is 5.82 Å². The molecule has 1 amide bonds. The number of carbonyl (C=O) groups is 1. The Hall–Kier alpha value is -1.33. The Morgan fingerprint density at radius 3 is 2.80 bits per heavy atom. The fourth-order valence-electron chi connectivity index (χ4n) is 2.24. The fraction of sp³-hybridized carbons (Fsp3) is 0.571. The molecule has 0 aromatic carbocycles. The van der Waals surface area contributed by atoms with Gasteiger partial charge in [-0.25, -0.2) is 4.98 Å². The van der Waals surface area contributed by atoms with Crippen LogP contribution in [0.2, 0.25) is 5.02 Å². The van der Waals surface area contributed by atoms with Crippen molar-refractivity contribution in [3.8, 4) is 0 Å². The number of aliphatic hydroxyl groups is 1. The Morgan fingerprint density at radius 2 is 2.20 bits per heavy atom. The Labute approximate surface area is 123 Å². The number of aromatic nitrogens is 1. The predicted molar refractivity (Wildman–Crippen MR) is 79.2 cm³/mol. The first-order chi connectivity index (χ1) is 9.43. The van der Waals surface area contributed by atoms with E-state index in [1.807, 2.05) is 6.92 Å². The molecular formula is C14H20ClN3O2. The molecule has 2 heterocycles. The highest BCUT2D eigenvalue weighted by molar-refractivity contribution is 6.33. The second kappa shape index (κ2) is 5.97. The Kier molecular flexibility index (Phi) is 4.50. The molecule has 0 atom stereocenters. The lowest BCUT2D eigenvalue weighted by molar-refractivity contribution is -0.00202. The summed E-state index contributed by atoms with van der Waals surface area (Å²) in [5, 5.41) is 13.4. The molecule has 1 aliphatic rings. The maximum absolute atomic E-state index is 12.5. The van der Waals surface area contributed by atoms with E-state index in [1.54, 1.807) is 17.9 Å². The molecule has 6 heteroatoms. The topological polar surface area (TPSA) is 65.5 Å². The zero-order valence-electron chi connectivity index (χ0n) is 11.8. The van der Waals surface area contributed by atoms with Gasteiger partial charge in [0.1, 0.15) is 5.82 Å². The average Bonchev–Trinajstić information content (AvgIpc) is 2.40. The number of likely N-dealkylation sites (tertiary alicyclic amines) is 1. The van der Waals surface area contributed by atoms with E-state index in [9.17, 15) is 9.90 Å². The molecule has 110 valence electrons. The third kappa shape index (κ3) is 3.41. The monoisotopic (exact) mass is 297 g/mol. The minimum atomic E-state index is -0.673. The lowest BCUT2D eigenvalue weighted by Crippen LogP contribution is -2.45. The summed E-state index contributed by atoms with van der Waals surface area (Å²) < 4.78 is 0. The number of nitrogens with one attached hydrogen (secondary N) is 1. The highest BCUT2D eigenvalue weighted by Gasteiger charge is 2.30. The second-order valence-electron chi connectivity index (χ2n) is 5.37. The summed E-state index contributed by atoms with van der Waals surface area (Å²) in [6, 6.07) is 1.68. The van der Waals surface area contributed by atoms with E-state index in [0.29, 0.717) is 42.3 Å². The van der Waals surface area contributed by atoms with Crippen molar-refractivity contribution < 1.29 is 9.90 Å². The molecule has 1 aromatic heterocycles. The van der Waals surface area contributed by atoms with E-state index >= 15 is 0 Å². The summed E-state index contributed by atoms with van der Waals surface area (Å²) in [4.78, 5) is 18.3. The van der Waals surface area contributed by atoms with E-state index in [4.69, 9.17) is 11.6 Å². The van der Waals surface area contributed by atoms with Gasteiger partial charge in [-0.1, -0.05) is 11.6 Å². The normalized spacial score (nSPS) is 17.9. The van der Waals surface area contributed by atoms with Crippen LogP contribution in [0.25, 0.3) is 0 Å². The molecule has 1 fully saturated rings. The van der Waals surface area contributed by atoms with E-state index < -0.39 is 5.60 Å². The number of piperidine rings is 1. The van der Waals surface area contributed by atoms with Gasteiger partial charge in [0, 0.05) is 25.8 Å². The van der Waals surface area contributed by atoms with Gasteiger partial charge in [0.25, 0.3) is 5.91 Å². The van der Waals surface area contributed by atoms with Crippen molar-refractivity contribution in [2.24, 2.45) is 0 Å². The van der Waals surface area contributed by atoms with E-state index in [1.165, 1.54) is 6.20 Å². The molecular weight excluding hydrogens is 278 g/mol. The van der Waals surface area contributed by atoms with Crippen molar-refractivity contribution in [3.63, 3.8) is 0 Å². The number of carbonyl (C=O) groups excluding carboxylic acids is 1. The van der Waals surface area contributed by atoms with Crippen molar-refractivity contribution in [1.82, 2.24) is 9.88 Å². The Balaban J connectivity index is 2.15. The molecule has 0 unspecified atom stereocenters. The molecule has 5 nitrogen and oxygen atoms in total. The van der Waals surface area contributed by atoms with Crippen LogP contribution in [0, 0.1) is 0 Å². The highest BCUT2D eigenvalue weighted by atomic mass is 35.5. The SMILES string of the molecule is CCNc1cc(C(=O)N2CCC(C)(O)CC2)c(Cl)cn1. The van der Waals surface area contributed by atoms with Crippen molar-refractivity contribution in [2.75, 3.05) is 25.0 Å². The van der Waals surface area contributed by atoms with Gasteiger partial charge in [0.05, 0.1) is 16.2 Å². The third-order valence-electron chi connectivity index (χ3n) is 3.57. The number of hydrogen-bond acceptors (Lipinski definition) is 4. The standard InChI is InChI=1S/C14H20ClN3O2/c1-3-16-12-8-10(11(15)9-17-12)13(19)18-6-4-14(2,20)5-7-18/h8-9,20H,3-7H2,1-2H3,(H,16,17). The van der Waals surface area contributed by atoms with Gasteiger partial charge in [-0.15, -0.1) is 0 Å². The highest BCUT2D eigenvalue weighted by Crippen LogP contribution is 2.25. The van der Waals surface area contributed by atoms with E-state index in [0.717, 1.165) is 6.54 Å². The molecule has 1 aromatic rings. The number of amides is 1. The van der Waals surface area contributed by atoms with Crippen LogP contribution in [-0.2, 0) is 0 Å². The zero-order valence-corrected chi connectivity index (χ0v) is 12.6. The molecule has 2 N–H and O–H groups in total. The van der Waals surface area contributed by atoms with Gasteiger partial charge in [-0.05, 0) is 32.8 Å². The maximum atomic E-state index is 12.5. The molecule has 1 aliphatic heterocycles. The molecule has 0 aliphatic carbocycles. The molecule has 0 radical (unpaired) electrons. The number of halogens is 1. The van der Waals surface area contributed by atoms with E-state index in [-0.39, 0.29) is 5.91 Å². The Morgan fingerprint density at radius 1 is 1.55 bits per heavy atom. The fourth-order valence-corrected chi connectivity index (χ4v) is 2.43. The average molecular weight is 298 g/mol. The van der Waals surface area contributed by atoms with Gasteiger partial charge in [0.2, 0.25) is 0 Å². The van der Waals surface area contributed by atoms with Gasteiger partial charge in [-0.2, -0.15) is 0 Å². The van der Waals surface area contributed by atoms with E-state index in [2.05, 4.69) is 10.3 Å². The first-order valence-electron chi connectivity index (χ1n) is 6.84. The number of nitrogens with zero attached hydrogens (tertiary/aromatic N) is 2. The lowest BCUT2D eigenvalue weighted by Gasteiger charge is -2.35. The van der Waals surface area contributed by atoms with Crippen LogP contribution in [0.3, 0.4) is 0 Å². The van der Waals surface area contributed by atoms with Crippen molar-refractivity contribution in [2.45, 2.75) is 32.3 Å². The van der Waals surface area contributed by atoms with Crippen LogP contribution < -0.4 is 5.32 Å². The predicted octanol–water partition coefficient (Wildman–Crippen LogP) is 2.15. The van der Waals surface area contributed by atoms with Crippen LogP contribution >= 0.6 is 11.6 Å². The maximum Gasteiger partial charge on any atom is 0.255 e. The minimum Gasteiger partial charge on any atom is -0.390 e. The van der Waals surface area contributed by atoms with Crippen molar-refractivity contribution in [1.29, 1.82) is 0 Å². The molecule has 1 saturated heterocycles. The van der Waals surface area contributed by atoms with Crippen LogP contribution in [-0.4, -0.2) is 46.1 Å². The second-order valence-corrected chi connectivity index (χ2v) is 5.78. The van der Waals surface area contributed by atoms with Gasteiger partial charge >= 0.3 is 0 Å². The number of hydrogen-bond donors (Lipinski definition) is 2. The minimum absolute atomic E-state index is 0.105. The number of anilines is 1. The molecule has 20 heavy (non-hydrogen) atoms. The first-order valence-corrected chi connectivity index (χ1v) is 7.22. The summed E-state index contributed by atoms with van der Waals surface area (Å²) in [6.45, 7) is 5.58. The van der Waals surface area contributed by atoms with Crippen molar-refractivity contribution >= 4 is 23.3 Å². The molecule has 0 spiro atoms. The largest absolute Gasteiger partial charge is 0.390 e. The molecule has 0 saturated carbocycles. The van der Waals surface area contributed by atoms with Crippen molar-refractivity contribution in [3.05, 3.63) is 22.8 Å². The Bertz CT molecular complexity index is 495. The number of pyridine rings is 1. The van der Waals surface area contributed by atoms with Gasteiger partial charge in [0.15, 0.2) is 0 Å². The summed E-state index contributed by atoms with van der Waals surface area (Å²) in [5.74, 6) is 0.538. The van der Waals surface area contributed by atoms with Crippen LogP contribution in [0.5, 0.6) is 0 Å². The first kappa shape index (κ1) is 15.1. The molecule has 0 bridgehead atoms. The lowest BCUT2D eigenvalue weighted by atomic mass is 9.93. The third-order valence-corrected chi connectivity index (χ3v) is 3.87. The summed E-state index contributed by atoms with van der Waals surface area (Å²) >= 11 is 6.08. The zero-order chi connectivity index (χ0) is 14.8. The summed E-state index contributed by atoms with van der Waals surface area (Å²) in [5.41, 5.74) is -0.215. The number of rotatable bonds is 3. The quantitative estimate of drug-likeness (QED) is 0.897.